The number of carbonyl (C=O) groups is 2. The van der Waals surface area contributed by atoms with Gasteiger partial charge in [0.05, 0.1) is 17.4 Å². The minimum absolute atomic E-state index is 0.0614. The maximum Gasteiger partial charge on any atom is 0.272 e. The molecule has 4 aliphatic heterocycles. The molecule has 2 aromatic carbocycles. The highest BCUT2D eigenvalue weighted by Gasteiger charge is 2.40. The van der Waals surface area contributed by atoms with Crippen molar-refractivity contribution >= 4 is 68.7 Å². The molecule has 1 aliphatic carbocycles. The fourth-order valence-corrected chi connectivity index (χ4v) is 8.74. The molecule has 2 saturated heterocycles. The van der Waals surface area contributed by atoms with Gasteiger partial charge < -0.3 is 29.7 Å². The molecular weight excluding hydrogens is 707 g/mol. The molecule has 2 N–H and O–H groups in total. The lowest BCUT2D eigenvalue weighted by molar-refractivity contribution is -0.141. The highest BCUT2D eigenvalue weighted by atomic mass is 35.5. The van der Waals surface area contributed by atoms with Crippen LogP contribution in [-0.4, -0.2) is 70.5 Å². The predicted molar refractivity (Wildman–Crippen MR) is 210 cm³/mol. The minimum atomic E-state index is -0.337. The minimum Gasteiger partial charge on any atom is -0.368 e. The molecule has 11 heteroatoms. The van der Waals surface area contributed by atoms with Crippen LogP contribution in [0.5, 0.6) is 0 Å². The lowest BCUT2D eigenvalue weighted by atomic mass is 9.80. The Kier molecular flexibility index (Phi) is 8.75. The Morgan fingerprint density at radius 2 is 1.87 bits per heavy atom. The van der Waals surface area contributed by atoms with Crippen LogP contribution in [0.4, 0.5) is 11.5 Å². The number of aromatic amines is 1. The first-order valence-corrected chi connectivity index (χ1v) is 18.9. The number of nitrogens with zero attached hydrogens (tertiary/aromatic N) is 4. The average molecular weight is 746 g/mol. The van der Waals surface area contributed by atoms with Crippen molar-refractivity contribution < 1.29 is 14.3 Å². The van der Waals surface area contributed by atoms with E-state index in [1.165, 1.54) is 5.57 Å². The number of allylic oxidation sites excluding steroid dienone is 5. The summed E-state index contributed by atoms with van der Waals surface area (Å²) in [5.41, 5.74) is 11.1. The summed E-state index contributed by atoms with van der Waals surface area (Å²) in [5.74, 6) is 0.602. The molecule has 5 aliphatic rings. The molecule has 9 nitrogen and oxygen atoms in total. The van der Waals surface area contributed by atoms with E-state index in [1.807, 2.05) is 65.7 Å². The highest BCUT2D eigenvalue weighted by Crippen LogP contribution is 2.53. The Morgan fingerprint density at radius 1 is 1.04 bits per heavy atom. The van der Waals surface area contributed by atoms with Crippen LogP contribution in [0, 0.1) is 5.92 Å². The fourth-order valence-electron chi connectivity index (χ4n) is 8.38. The van der Waals surface area contributed by atoms with Crippen LogP contribution in [0.1, 0.15) is 59.4 Å². The maximum absolute atomic E-state index is 14.7. The summed E-state index contributed by atoms with van der Waals surface area (Å²) in [5, 5.41) is 5.58. The zero-order chi connectivity index (χ0) is 36.2. The second-order valence-electron chi connectivity index (χ2n) is 14.2. The third-order valence-electron chi connectivity index (χ3n) is 10.9. The molecule has 0 bridgehead atoms. The number of fused-ring (bicyclic) bond motifs is 2. The first kappa shape index (κ1) is 33.8. The third kappa shape index (κ3) is 5.98. The number of benzene rings is 2. The number of amides is 2. The topological polar surface area (TPSA) is 93.8 Å². The van der Waals surface area contributed by atoms with E-state index in [0.717, 1.165) is 63.2 Å². The molecule has 6 heterocycles. The summed E-state index contributed by atoms with van der Waals surface area (Å²) in [6, 6.07) is 17.6. The van der Waals surface area contributed by atoms with Crippen molar-refractivity contribution in [3.63, 3.8) is 0 Å². The number of H-pyrrole nitrogens is 1. The van der Waals surface area contributed by atoms with Crippen LogP contribution in [0.15, 0.2) is 102 Å². The SMILES string of the molecule is CC1CC(C2c3cc(Cl)cc4[nH]c(C(=O)Nc5cccnc5N5CCN(C(=O)C6CCCO6)CC5)c(c34)C3=C(c4ccccc4)C=C=CN32)=CC=C1Cl. The molecule has 2 fully saturated rings. The van der Waals surface area contributed by atoms with E-state index in [0.29, 0.717) is 55.0 Å². The number of carbonyl (C=O) groups excluding carboxylic acids is 2. The van der Waals surface area contributed by atoms with E-state index in [4.69, 9.17) is 32.9 Å². The molecule has 3 unspecified atom stereocenters. The number of aromatic nitrogens is 2. The van der Waals surface area contributed by atoms with Gasteiger partial charge in [0.2, 0.25) is 0 Å². The lowest BCUT2D eigenvalue weighted by Gasteiger charge is -2.41. The molecule has 4 aromatic rings. The van der Waals surface area contributed by atoms with Crippen LogP contribution in [0.3, 0.4) is 0 Å². The predicted octanol–water partition coefficient (Wildman–Crippen LogP) is 8.29. The van der Waals surface area contributed by atoms with Gasteiger partial charge in [-0.05, 0) is 78.3 Å². The first-order chi connectivity index (χ1) is 25.9. The standard InChI is InChI=1S/C42H38Cl2N6O3/c1-25-22-27(13-14-31(25)44)38-30-23-28(43)24-33-35(30)36(39-29(10-6-16-50(38)39)26-8-3-2-4-9-26)37(46-33)41(51)47-32-11-5-15-45-40(32)48-17-19-49(20-18-48)42(52)34-12-7-21-53-34/h2-5,8-11,13-16,23-25,34,38,46H,7,12,17-22H2,1H3,(H,47,51). The van der Waals surface area contributed by atoms with Crippen molar-refractivity contribution in [2.45, 2.75) is 38.3 Å². The van der Waals surface area contributed by atoms with Crippen molar-refractivity contribution in [1.82, 2.24) is 19.8 Å². The van der Waals surface area contributed by atoms with Crippen molar-refractivity contribution in [3.05, 3.63) is 129 Å². The molecule has 53 heavy (non-hydrogen) atoms. The number of piperazine rings is 1. The highest BCUT2D eigenvalue weighted by molar-refractivity contribution is 6.32. The van der Waals surface area contributed by atoms with Gasteiger partial charge in [0, 0.05) is 77.3 Å². The molecule has 3 atom stereocenters. The molecule has 0 radical (unpaired) electrons. The number of pyridine rings is 1. The number of nitrogens with one attached hydrogen (secondary N) is 2. The van der Waals surface area contributed by atoms with Crippen LogP contribution in [0.2, 0.25) is 5.02 Å². The lowest BCUT2D eigenvalue weighted by Crippen LogP contribution is -2.51. The summed E-state index contributed by atoms with van der Waals surface area (Å²) < 4.78 is 5.65. The zero-order valence-electron chi connectivity index (χ0n) is 29.2. The van der Waals surface area contributed by atoms with Crippen LogP contribution >= 0.6 is 23.2 Å². The second-order valence-corrected chi connectivity index (χ2v) is 15.1. The van der Waals surface area contributed by atoms with Crippen molar-refractivity contribution in [1.29, 1.82) is 0 Å². The summed E-state index contributed by atoms with van der Waals surface area (Å²) in [6.45, 7) is 5.08. The number of hydrogen-bond donors (Lipinski definition) is 2. The van der Waals surface area contributed by atoms with Gasteiger partial charge in [0.15, 0.2) is 5.82 Å². The van der Waals surface area contributed by atoms with Crippen LogP contribution in [0.25, 0.3) is 22.2 Å². The van der Waals surface area contributed by atoms with Gasteiger partial charge in [-0.15, -0.1) is 5.73 Å². The van der Waals surface area contributed by atoms with Crippen molar-refractivity contribution in [2.24, 2.45) is 5.92 Å². The van der Waals surface area contributed by atoms with E-state index in [-0.39, 0.29) is 29.9 Å². The Balaban J connectivity index is 1.12. The molecule has 0 saturated carbocycles. The second kappa shape index (κ2) is 13.7. The van der Waals surface area contributed by atoms with Gasteiger partial charge in [-0.2, -0.15) is 0 Å². The number of hydrogen-bond acceptors (Lipinski definition) is 6. The fraction of sp³-hybridized carbons (Fsp3) is 0.286. The first-order valence-electron chi connectivity index (χ1n) is 18.2. The smallest absolute Gasteiger partial charge is 0.272 e. The Labute approximate surface area is 317 Å². The van der Waals surface area contributed by atoms with Gasteiger partial charge in [-0.25, -0.2) is 4.98 Å². The summed E-state index contributed by atoms with van der Waals surface area (Å²) >= 11 is 13.4. The molecule has 0 spiro atoms. The summed E-state index contributed by atoms with van der Waals surface area (Å²) in [6.07, 6.45) is 12.0. The molecule has 2 amide bonds. The van der Waals surface area contributed by atoms with E-state index >= 15 is 0 Å². The van der Waals surface area contributed by atoms with E-state index in [2.05, 4.69) is 51.0 Å². The molecule has 2 aromatic heterocycles. The summed E-state index contributed by atoms with van der Waals surface area (Å²) in [4.78, 5) is 42.2. The molecular formula is C42H38Cl2N6O3. The van der Waals surface area contributed by atoms with E-state index in [9.17, 15) is 9.59 Å². The Morgan fingerprint density at radius 3 is 2.64 bits per heavy atom. The van der Waals surface area contributed by atoms with Gasteiger partial charge in [0.1, 0.15) is 11.8 Å². The van der Waals surface area contributed by atoms with E-state index < -0.39 is 0 Å². The van der Waals surface area contributed by atoms with Gasteiger partial charge >= 0.3 is 0 Å². The van der Waals surface area contributed by atoms with Gasteiger partial charge in [0.25, 0.3) is 11.8 Å². The van der Waals surface area contributed by atoms with Gasteiger partial charge in [-0.3, -0.25) is 9.59 Å². The Hall–Kier alpha value is -5.05. The number of halogens is 2. The quantitative estimate of drug-likeness (QED) is 0.193. The normalized spacial score (nSPS) is 22.2. The van der Waals surface area contributed by atoms with Crippen molar-refractivity contribution in [2.75, 3.05) is 43.0 Å². The van der Waals surface area contributed by atoms with Crippen LogP contribution in [-0.2, 0) is 9.53 Å². The summed E-state index contributed by atoms with van der Waals surface area (Å²) in [7, 11) is 0. The average Bonchev–Trinajstić information content (AvgIpc) is 3.86. The largest absolute Gasteiger partial charge is 0.368 e. The monoisotopic (exact) mass is 744 g/mol. The van der Waals surface area contributed by atoms with E-state index in [1.54, 1.807) is 6.20 Å². The van der Waals surface area contributed by atoms with Crippen LogP contribution < -0.4 is 10.2 Å². The molecule has 9 rings (SSSR count). The Bertz CT molecular complexity index is 2310. The zero-order valence-corrected chi connectivity index (χ0v) is 30.8. The van der Waals surface area contributed by atoms with Crippen molar-refractivity contribution in [3.8, 4) is 0 Å². The van der Waals surface area contributed by atoms with Gasteiger partial charge in [-0.1, -0.05) is 66.5 Å². The maximum atomic E-state index is 14.7. The third-order valence-corrected chi connectivity index (χ3v) is 11.6. The number of rotatable bonds is 6. The number of ether oxygens (including phenoxy) is 1. The number of anilines is 2. The molecule has 268 valence electrons.